The van der Waals surface area contributed by atoms with Crippen LogP contribution in [0.4, 0.5) is 0 Å². The minimum absolute atomic E-state index is 0. The molecule has 3 aliphatic heterocycles. The molecule has 1 saturated heterocycles. The Morgan fingerprint density at radius 2 is 1.97 bits per heavy atom. The van der Waals surface area contributed by atoms with E-state index in [0.29, 0.717) is 0 Å². The normalized spacial score (nSPS) is 29.6. The summed E-state index contributed by atoms with van der Waals surface area (Å²) < 4.78 is 34.6. The van der Waals surface area contributed by atoms with Gasteiger partial charge in [-0.1, -0.05) is 0 Å². The zero-order valence-corrected chi connectivity index (χ0v) is 23.9. The Bertz CT molecular complexity index is 824. The van der Waals surface area contributed by atoms with E-state index in [1.807, 2.05) is 0 Å². The molecule has 3 heterocycles. The van der Waals surface area contributed by atoms with Crippen LogP contribution in [0.3, 0.4) is 0 Å². The van der Waals surface area contributed by atoms with Gasteiger partial charge in [-0.2, -0.15) is 4.99 Å². The van der Waals surface area contributed by atoms with Crippen LogP contribution in [0.25, 0.3) is 0 Å². The molecule has 0 spiro atoms. The van der Waals surface area contributed by atoms with Crippen molar-refractivity contribution in [3.63, 3.8) is 0 Å². The molecular formula is C10H12N5Na3O10P2-3. The SMILES string of the molecule is N=C1N=C2C(N=CN2[C@H]2C[C@H](O)[C@@H](COP(=O)([O-])OP(=O)([O-])[O-])O2)C(=O)N1.[Na].[Na].[Na]. The molecule has 15 nitrogen and oxygen atoms in total. The van der Waals surface area contributed by atoms with E-state index >= 15 is 0 Å². The van der Waals surface area contributed by atoms with Crippen LogP contribution in [0.1, 0.15) is 6.42 Å². The summed E-state index contributed by atoms with van der Waals surface area (Å²) in [5, 5.41) is 19.6. The third kappa shape index (κ3) is 8.05. The zero-order chi connectivity index (χ0) is 20.0. The molecule has 0 aliphatic carbocycles. The summed E-state index contributed by atoms with van der Waals surface area (Å²) >= 11 is 0. The number of carbonyl (C=O) groups is 1. The maximum atomic E-state index is 11.8. The molecule has 0 aromatic carbocycles. The summed E-state index contributed by atoms with van der Waals surface area (Å²) in [6, 6.07) is -0.978. The van der Waals surface area contributed by atoms with Crippen molar-refractivity contribution in [1.29, 1.82) is 5.41 Å². The summed E-state index contributed by atoms with van der Waals surface area (Å²) in [4.78, 5) is 52.8. The molecule has 2 unspecified atom stereocenters. The molecule has 3 radical (unpaired) electrons. The van der Waals surface area contributed by atoms with Crippen molar-refractivity contribution in [2.24, 2.45) is 9.98 Å². The van der Waals surface area contributed by atoms with Crippen molar-refractivity contribution in [1.82, 2.24) is 10.2 Å². The fourth-order valence-electron chi connectivity index (χ4n) is 2.61. The van der Waals surface area contributed by atoms with Crippen LogP contribution in [0.15, 0.2) is 9.98 Å². The average Bonchev–Trinajstić information content (AvgIpc) is 3.06. The van der Waals surface area contributed by atoms with Gasteiger partial charge in [-0.25, -0.2) is 0 Å². The fourth-order valence-corrected chi connectivity index (χ4v) is 4.10. The summed E-state index contributed by atoms with van der Waals surface area (Å²) in [5.74, 6) is -0.866. The largest absolute Gasteiger partial charge is 0.790 e. The molecule has 3 rings (SSSR count). The number of ether oxygens (including phenoxy) is 1. The van der Waals surface area contributed by atoms with E-state index < -0.39 is 58.6 Å². The molecule has 3 N–H and O–H groups in total. The Kier molecular flexibility index (Phi) is 12.8. The minimum atomic E-state index is -5.82. The monoisotopic (exact) mass is 493 g/mol. The number of fused-ring (bicyclic) bond motifs is 1. The molecule has 1 amide bonds. The topological polar surface area (TPSA) is 232 Å². The number of amides is 1. The predicted molar refractivity (Wildman–Crippen MR) is 96.2 cm³/mol. The van der Waals surface area contributed by atoms with Gasteiger partial charge in [0.2, 0.25) is 5.96 Å². The van der Waals surface area contributed by atoms with Gasteiger partial charge in [-0.15, -0.1) is 0 Å². The number of aliphatic hydroxyl groups excluding tert-OH is 1. The van der Waals surface area contributed by atoms with Gasteiger partial charge in [-0.05, 0) is 0 Å². The van der Waals surface area contributed by atoms with E-state index in [0.717, 1.165) is 0 Å². The minimum Gasteiger partial charge on any atom is -0.790 e. The molecule has 3 aliphatic rings. The quantitative estimate of drug-likeness (QED) is 0.234. The van der Waals surface area contributed by atoms with Crippen LogP contribution in [0.5, 0.6) is 0 Å². The smallest absolute Gasteiger partial charge is 0.271 e. The van der Waals surface area contributed by atoms with Crippen LogP contribution < -0.4 is 20.0 Å². The first-order valence-corrected chi connectivity index (χ1v) is 10.2. The summed E-state index contributed by atoms with van der Waals surface area (Å²) in [6.45, 7) is -0.824. The summed E-state index contributed by atoms with van der Waals surface area (Å²) in [7, 11) is -11.3. The number of aliphatic hydroxyl groups is 1. The summed E-state index contributed by atoms with van der Waals surface area (Å²) in [6.07, 6.45) is -2.19. The average molecular weight is 493 g/mol. The first kappa shape index (κ1) is 31.5. The molecule has 20 heteroatoms. The van der Waals surface area contributed by atoms with Crippen LogP contribution in [-0.4, -0.2) is 154 Å². The van der Waals surface area contributed by atoms with Gasteiger partial charge in [0.25, 0.3) is 13.7 Å². The molecule has 0 saturated carbocycles. The van der Waals surface area contributed by atoms with Gasteiger partial charge in [0, 0.05) is 95.1 Å². The standard InChI is InChI=1S/C10H15N5O10P2.3Na/c11-10-13-8-7(9(17)14-10)12-3-15(8)6-1-4(16)5(24-6)2-23-27(21,22)25-26(18,19)20;;;/h3-7,16H,1-2H2,(H,21,22)(H2,11,14,17)(H2,18,19,20);;;/p-3/t4-,5+,6+,7?;;;/m0.../s1. The van der Waals surface area contributed by atoms with Gasteiger partial charge >= 0.3 is 0 Å². The maximum Gasteiger partial charge on any atom is 0.271 e. The molecular weight excluding hydrogens is 481 g/mol. The Hall–Kier alpha value is 1.46. The van der Waals surface area contributed by atoms with Crippen molar-refractivity contribution in [3.8, 4) is 0 Å². The van der Waals surface area contributed by atoms with Crippen molar-refractivity contribution >= 4 is 128 Å². The third-order valence-electron chi connectivity index (χ3n) is 3.68. The van der Waals surface area contributed by atoms with E-state index in [4.69, 9.17) is 10.1 Å². The molecule has 30 heavy (non-hydrogen) atoms. The first-order valence-electron chi connectivity index (χ1n) is 7.27. The Morgan fingerprint density at radius 1 is 1.33 bits per heavy atom. The van der Waals surface area contributed by atoms with E-state index in [9.17, 15) is 33.7 Å². The number of nitrogens with zero attached hydrogens (tertiary/aromatic N) is 3. The number of phosphoric acid groups is 2. The van der Waals surface area contributed by atoms with E-state index in [-0.39, 0.29) is 101 Å². The van der Waals surface area contributed by atoms with Crippen LogP contribution in [-0.2, 0) is 27.5 Å². The Balaban J connectivity index is 0.00000280. The van der Waals surface area contributed by atoms with E-state index in [2.05, 4.69) is 24.1 Å². The van der Waals surface area contributed by atoms with Gasteiger partial charge in [-0.3, -0.25) is 34.3 Å². The molecule has 0 aromatic heterocycles. The second-order valence-electron chi connectivity index (χ2n) is 5.59. The fraction of sp³-hybridized carbons (Fsp3) is 0.600. The zero-order valence-electron chi connectivity index (χ0n) is 16.2. The number of amidine groups is 1. The Morgan fingerprint density at radius 3 is 2.57 bits per heavy atom. The van der Waals surface area contributed by atoms with Gasteiger partial charge in [0.05, 0.1) is 26.9 Å². The van der Waals surface area contributed by atoms with Gasteiger partial charge < -0.3 is 33.6 Å². The second-order valence-corrected chi connectivity index (χ2v) is 8.29. The van der Waals surface area contributed by atoms with Crippen molar-refractivity contribution in [3.05, 3.63) is 0 Å². The van der Waals surface area contributed by atoms with Gasteiger partial charge in [0.15, 0.2) is 11.9 Å². The first-order chi connectivity index (χ1) is 12.5. The number of nitrogens with one attached hydrogen (secondary N) is 2. The molecule has 153 valence electrons. The molecule has 0 aromatic rings. The summed E-state index contributed by atoms with van der Waals surface area (Å²) in [5.41, 5.74) is 0. The van der Waals surface area contributed by atoms with Crippen molar-refractivity contribution in [2.45, 2.75) is 30.9 Å². The third-order valence-corrected chi connectivity index (χ3v) is 5.74. The van der Waals surface area contributed by atoms with Gasteiger partial charge in [0.1, 0.15) is 12.3 Å². The second kappa shape index (κ2) is 12.2. The van der Waals surface area contributed by atoms with Crippen LogP contribution >= 0.6 is 15.6 Å². The van der Waals surface area contributed by atoms with Crippen molar-refractivity contribution < 1.29 is 47.3 Å². The van der Waals surface area contributed by atoms with E-state index in [1.165, 1.54) is 11.2 Å². The maximum absolute atomic E-state index is 11.8. The predicted octanol–water partition coefficient (Wildman–Crippen LogP) is -5.17. The molecule has 5 atom stereocenters. The number of phosphoric ester groups is 1. The van der Waals surface area contributed by atoms with Crippen molar-refractivity contribution in [2.75, 3.05) is 6.61 Å². The molecule has 0 bridgehead atoms. The number of guanidine groups is 1. The van der Waals surface area contributed by atoms with Crippen LogP contribution in [0.2, 0.25) is 0 Å². The van der Waals surface area contributed by atoms with Crippen LogP contribution in [0, 0.1) is 5.41 Å². The number of carbonyl (C=O) groups excluding carboxylic acids is 1. The number of rotatable bonds is 6. The Labute approximate surface area is 236 Å². The number of hydrogen-bond acceptors (Lipinski definition) is 13. The molecule has 1 fully saturated rings. The van der Waals surface area contributed by atoms with E-state index in [1.54, 1.807) is 0 Å². The number of aliphatic imine (C=N–C) groups is 2. The number of hydrogen-bond donors (Lipinski definition) is 3.